The van der Waals surface area contributed by atoms with Gasteiger partial charge in [0, 0.05) is 24.5 Å². The van der Waals surface area contributed by atoms with Gasteiger partial charge in [0.25, 0.3) is 0 Å². The molecule has 0 amide bonds. The van der Waals surface area contributed by atoms with E-state index in [0.29, 0.717) is 31.6 Å². The molecule has 2 fully saturated rings. The average Bonchev–Trinajstić information content (AvgIpc) is 2.85. The molecule has 0 aromatic heterocycles. The second-order valence-corrected chi connectivity index (χ2v) is 6.92. The summed E-state index contributed by atoms with van der Waals surface area (Å²) in [7, 11) is 0. The topological polar surface area (TPSA) is 29.5 Å². The number of hydrogen-bond donors (Lipinski definition) is 1. The predicted octanol–water partition coefficient (Wildman–Crippen LogP) is 3.44. The summed E-state index contributed by atoms with van der Waals surface area (Å²) in [5, 5.41) is 10.4. The normalized spacial score (nSPS) is 30.8. The fourth-order valence-electron chi connectivity index (χ4n) is 3.27. The maximum atomic E-state index is 13.8. The Bertz CT molecular complexity index is 509. The zero-order valence-corrected chi connectivity index (χ0v) is 12.3. The number of ether oxygens (including phenoxy) is 1. The molecule has 1 aromatic carbocycles. The van der Waals surface area contributed by atoms with Crippen LogP contribution in [0.5, 0.6) is 0 Å². The Kier molecular flexibility index (Phi) is 4.21. The molecule has 0 aliphatic carbocycles. The van der Waals surface area contributed by atoms with Crippen molar-refractivity contribution < 1.29 is 23.0 Å². The number of aliphatic hydroxyl groups excluding tert-OH is 1. The Morgan fingerprint density at radius 3 is 2.62 bits per heavy atom. The van der Waals surface area contributed by atoms with E-state index < -0.39 is 29.1 Å². The minimum Gasteiger partial charge on any atom is -0.388 e. The van der Waals surface area contributed by atoms with E-state index in [1.165, 1.54) is 0 Å². The van der Waals surface area contributed by atoms with Crippen LogP contribution in [0.15, 0.2) is 12.1 Å². The summed E-state index contributed by atoms with van der Waals surface area (Å²) >= 11 is 1.79. The first-order chi connectivity index (χ1) is 10.0. The zero-order chi connectivity index (χ0) is 15.0. The molecule has 2 aliphatic rings. The summed E-state index contributed by atoms with van der Waals surface area (Å²) < 4.78 is 46.4. The van der Waals surface area contributed by atoms with Gasteiger partial charge in [0.2, 0.25) is 0 Å². The summed E-state index contributed by atoms with van der Waals surface area (Å²) in [5.74, 6) is -1.45. The van der Waals surface area contributed by atoms with E-state index in [4.69, 9.17) is 4.74 Å². The van der Waals surface area contributed by atoms with Gasteiger partial charge in [0.05, 0.1) is 17.3 Å². The maximum absolute atomic E-state index is 13.8. The largest absolute Gasteiger partial charge is 0.388 e. The third-order valence-electron chi connectivity index (χ3n) is 4.38. The van der Waals surface area contributed by atoms with Crippen molar-refractivity contribution in [2.75, 3.05) is 18.1 Å². The van der Waals surface area contributed by atoms with Crippen LogP contribution in [0.3, 0.4) is 0 Å². The average molecular weight is 318 g/mol. The van der Waals surface area contributed by atoms with E-state index in [2.05, 4.69) is 0 Å². The molecule has 3 atom stereocenters. The lowest BCUT2D eigenvalue weighted by Crippen LogP contribution is -2.41. The summed E-state index contributed by atoms with van der Waals surface area (Å²) in [6.07, 6.45) is 0.758. The van der Waals surface area contributed by atoms with E-state index in [1.807, 2.05) is 0 Å². The van der Waals surface area contributed by atoms with E-state index >= 15 is 0 Å². The van der Waals surface area contributed by atoms with Crippen molar-refractivity contribution >= 4 is 11.8 Å². The first-order valence-electron chi connectivity index (χ1n) is 7.05. The Labute approximate surface area is 125 Å². The van der Waals surface area contributed by atoms with E-state index in [0.717, 1.165) is 17.9 Å². The van der Waals surface area contributed by atoms with Crippen LogP contribution in [-0.4, -0.2) is 28.8 Å². The number of benzene rings is 1. The SMILES string of the molecule is OC(c1c(F)cc(F)cc1F)C1CCOC2(CCSC2)C1. The molecule has 6 heteroatoms. The minimum absolute atomic E-state index is 0.271. The Morgan fingerprint density at radius 2 is 2.00 bits per heavy atom. The van der Waals surface area contributed by atoms with Crippen molar-refractivity contribution in [3.63, 3.8) is 0 Å². The molecule has 0 radical (unpaired) electrons. The second kappa shape index (κ2) is 5.82. The Morgan fingerprint density at radius 1 is 1.29 bits per heavy atom. The van der Waals surface area contributed by atoms with Crippen LogP contribution >= 0.6 is 11.8 Å². The molecule has 1 N–H and O–H groups in total. The van der Waals surface area contributed by atoms with Crippen LogP contribution in [0.2, 0.25) is 0 Å². The van der Waals surface area contributed by atoms with Gasteiger partial charge in [-0.1, -0.05) is 0 Å². The molecule has 2 heterocycles. The highest BCUT2D eigenvalue weighted by Crippen LogP contribution is 2.44. The molecular formula is C15H17F3O2S. The van der Waals surface area contributed by atoms with Gasteiger partial charge in [0.1, 0.15) is 17.5 Å². The van der Waals surface area contributed by atoms with Crippen molar-refractivity contribution in [3.8, 4) is 0 Å². The molecule has 3 rings (SSSR count). The van der Waals surface area contributed by atoms with E-state index in [9.17, 15) is 18.3 Å². The Balaban J connectivity index is 1.83. The molecule has 3 unspecified atom stereocenters. The van der Waals surface area contributed by atoms with Crippen molar-refractivity contribution in [1.82, 2.24) is 0 Å². The van der Waals surface area contributed by atoms with Crippen molar-refractivity contribution in [2.45, 2.75) is 31.0 Å². The molecule has 0 bridgehead atoms. The number of rotatable bonds is 2. The van der Waals surface area contributed by atoms with Gasteiger partial charge in [-0.3, -0.25) is 0 Å². The Hall–Kier alpha value is -0.720. The van der Waals surface area contributed by atoms with Crippen LogP contribution < -0.4 is 0 Å². The highest BCUT2D eigenvalue weighted by Gasteiger charge is 2.43. The quantitative estimate of drug-likeness (QED) is 0.906. The number of thioether (sulfide) groups is 1. The third-order valence-corrected chi connectivity index (χ3v) is 5.61. The minimum atomic E-state index is -1.27. The molecule has 2 nitrogen and oxygen atoms in total. The highest BCUT2D eigenvalue weighted by molar-refractivity contribution is 7.99. The lowest BCUT2D eigenvalue weighted by Gasteiger charge is -2.39. The molecule has 2 saturated heterocycles. The summed E-state index contributed by atoms with van der Waals surface area (Å²) in [6.45, 7) is 0.479. The second-order valence-electron chi connectivity index (χ2n) is 5.81. The first-order valence-corrected chi connectivity index (χ1v) is 8.20. The highest BCUT2D eigenvalue weighted by atomic mass is 32.2. The molecule has 21 heavy (non-hydrogen) atoms. The maximum Gasteiger partial charge on any atom is 0.134 e. The standard InChI is InChI=1S/C15H17F3O2S/c16-10-5-11(17)13(12(18)6-10)14(19)9-1-3-20-15(7-9)2-4-21-8-15/h5-6,9,14,19H,1-4,7-8H2. The fourth-order valence-corrected chi connectivity index (χ4v) is 4.65. The van der Waals surface area contributed by atoms with Gasteiger partial charge < -0.3 is 9.84 Å². The van der Waals surface area contributed by atoms with Gasteiger partial charge in [-0.15, -0.1) is 0 Å². The number of halogens is 3. The van der Waals surface area contributed by atoms with Crippen molar-refractivity contribution in [1.29, 1.82) is 0 Å². The van der Waals surface area contributed by atoms with Gasteiger partial charge in [-0.25, -0.2) is 13.2 Å². The van der Waals surface area contributed by atoms with Crippen molar-refractivity contribution in [3.05, 3.63) is 35.1 Å². The van der Waals surface area contributed by atoms with Crippen LogP contribution in [-0.2, 0) is 4.74 Å². The van der Waals surface area contributed by atoms with Crippen molar-refractivity contribution in [2.24, 2.45) is 5.92 Å². The van der Waals surface area contributed by atoms with E-state index in [-0.39, 0.29) is 11.5 Å². The molecule has 116 valence electrons. The number of hydrogen-bond acceptors (Lipinski definition) is 3. The van der Waals surface area contributed by atoms with Crippen LogP contribution in [0, 0.1) is 23.4 Å². The van der Waals surface area contributed by atoms with Crippen LogP contribution in [0.4, 0.5) is 13.2 Å². The molecule has 2 aliphatic heterocycles. The first kappa shape index (κ1) is 15.2. The summed E-state index contributed by atoms with van der Waals surface area (Å²) in [6, 6.07) is 1.23. The van der Waals surface area contributed by atoms with Gasteiger partial charge in [-0.05, 0) is 30.9 Å². The molecule has 0 saturated carbocycles. The van der Waals surface area contributed by atoms with Crippen LogP contribution in [0.25, 0.3) is 0 Å². The summed E-state index contributed by atoms with van der Waals surface area (Å²) in [5.41, 5.74) is -0.703. The number of aliphatic hydroxyl groups is 1. The van der Waals surface area contributed by atoms with Gasteiger partial charge in [0.15, 0.2) is 0 Å². The zero-order valence-electron chi connectivity index (χ0n) is 11.4. The monoisotopic (exact) mass is 318 g/mol. The van der Waals surface area contributed by atoms with Gasteiger partial charge >= 0.3 is 0 Å². The third kappa shape index (κ3) is 2.94. The summed E-state index contributed by atoms with van der Waals surface area (Å²) in [4.78, 5) is 0. The lowest BCUT2D eigenvalue weighted by molar-refractivity contribution is -0.102. The van der Waals surface area contributed by atoms with Gasteiger partial charge in [-0.2, -0.15) is 11.8 Å². The van der Waals surface area contributed by atoms with E-state index in [1.54, 1.807) is 11.8 Å². The molecular weight excluding hydrogens is 301 g/mol. The smallest absolute Gasteiger partial charge is 0.134 e. The predicted molar refractivity (Wildman–Crippen MR) is 74.6 cm³/mol. The molecule has 1 aromatic rings. The molecule has 1 spiro atoms. The lowest BCUT2D eigenvalue weighted by atomic mass is 9.80. The fraction of sp³-hybridized carbons (Fsp3) is 0.600. The van der Waals surface area contributed by atoms with Crippen LogP contribution in [0.1, 0.15) is 30.9 Å².